The van der Waals surface area contributed by atoms with Gasteiger partial charge in [-0.25, -0.2) is 0 Å². The maximum Gasteiger partial charge on any atom is 0.319 e. The van der Waals surface area contributed by atoms with Crippen LogP contribution in [0.2, 0.25) is 0 Å². The first-order chi connectivity index (χ1) is 10.0. The summed E-state index contributed by atoms with van der Waals surface area (Å²) in [4.78, 5) is 37.1. The van der Waals surface area contributed by atoms with Crippen LogP contribution in [0.3, 0.4) is 0 Å². The molecule has 0 bridgehead atoms. The molecule has 1 aromatic rings. The molecule has 2 rings (SSSR count). The third kappa shape index (κ3) is 3.81. The van der Waals surface area contributed by atoms with Crippen LogP contribution in [-0.4, -0.2) is 47.8 Å². The predicted octanol–water partition coefficient (Wildman–Crippen LogP) is 0.808. The van der Waals surface area contributed by atoms with Crippen LogP contribution in [0.5, 0.6) is 0 Å². The number of methoxy groups -OCH3 is 1. The second kappa shape index (κ2) is 6.71. The SMILES string of the molecule is COC(=O)CN(CC(=O)n1oc(C)cc1=O)C1CCCC1. The van der Waals surface area contributed by atoms with Crippen LogP contribution in [0, 0.1) is 6.92 Å². The van der Waals surface area contributed by atoms with Crippen LogP contribution in [0.1, 0.15) is 36.2 Å². The Morgan fingerprint density at radius 2 is 2.05 bits per heavy atom. The Kier molecular flexibility index (Phi) is 4.95. The molecular formula is C14H20N2O5. The number of ether oxygens (including phenoxy) is 1. The van der Waals surface area contributed by atoms with E-state index in [-0.39, 0.29) is 19.1 Å². The Bertz CT molecular complexity index is 568. The molecule has 0 N–H and O–H groups in total. The minimum absolute atomic E-state index is 0.0351. The van der Waals surface area contributed by atoms with Gasteiger partial charge in [0.15, 0.2) is 0 Å². The smallest absolute Gasteiger partial charge is 0.319 e. The summed E-state index contributed by atoms with van der Waals surface area (Å²) in [6.45, 7) is 1.61. The number of esters is 1. The maximum absolute atomic E-state index is 12.2. The Morgan fingerprint density at radius 1 is 1.38 bits per heavy atom. The highest BCUT2D eigenvalue weighted by molar-refractivity contribution is 5.80. The van der Waals surface area contributed by atoms with E-state index in [0.717, 1.165) is 30.4 Å². The minimum atomic E-state index is -0.484. The minimum Gasteiger partial charge on any atom is -0.468 e. The first-order valence-corrected chi connectivity index (χ1v) is 7.05. The number of hydrogen-bond donors (Lipinski definition) is 0. The van der Waals surface area contributed by atoms with Crippen LogP contribution in [-0.2, 0) is 9.53 Å². The molecule has 0 aliphatic heterocycles. The molecule has 0 spiro atoms. The normalized spacial score (nSPS) is 15.6. The molecule has 1 aliphatic rings. The molecule has 1 saturated carbocycles. The number of nitrogens with zero attached hydrogens (tertiary/aromatic N) is 2. The van der Waals surface area contributed by atoms with Crippen molar-refractivity contribution in [2.24, 2.45) is 0 Å². The van der Waals surface area contributed by atoms with Gasteiger partial charge in [0.05, 0.1) is 20.2 Å². The molecule has 116 valence electrons. The Hall–Kier alpha value is -1.89. The monoisotopic (exact) mass is 296 g/mol. The molecule has 0 aromatic carbocycles. The van der Waals surface area contributed by atoms with E-state index in [2.05, 4.69) is 4.74 Å². The molecule has 7 nitrogen and oxygen atoms in total. The molecule has 0 amide bonds. The summed E-state index contributed by atoms with van der Waals surface area (Å²) < 4.78 is 10.5. The molecule has 1 fully saturated rings. The standard InChI is InChI=1S/C14H20N2O5/c1-10-7-12(17)16(21-10)13(18)8-15(9-14(19)20-2)11-5-3-4-6-11/h7,11H,3-6,8-9H2,1-2H3. The van der Waals surface area contributed by atoms with Gasteiger partial charge in [-0.15, -0.1) is 4.74 Å². The van der Waals surface area contributed by atoms with E-state index in [1.807, 2.05) is 0 Å². The Balaban J connectivity index is 2.10. The molecule has 0 unspecified atom stereocenters. The van der Waals surface area contributed by atoms with Gasteiger partial charge in [-0.3, -0.25) is 19.3 Å². The van der Waals surface area contributed by atoms with E-state index in [4.69, 9.17) is 4.52 Å². The fourth-order valence-electron chi connectivity index (χ4n) is 2.67. The summed E-state index contributed by atoms with van der Waals surface area (Å²) in [5.74, 6) is -0.477. The van der Waals surface area contributed by atoms with E-state index in [0.29, 0.717) is 5.76 Å². The van der Waals surface area contributed by atoms with Crippen molar-refractivity contribution in [3.8, 4) is 0 Å². The van der Waals surface area contributed by atoms with Crippen molar-refractivity contribution >= 4 is 11.9 Å². The first kappa shape index (κ1) is 15.5. The number of carbonyl (C=O) groups is 2. The fourth-order valence-corrected chi connectivity index (χ4v) is 2.67. The van der Waals surface area contributed by atoms with E-state index < -0.39 is 17.4 Å². The van der Waals surface area contributed by atoms with Crippen LogP contribution < -0.4 is 5.56 Å². The summed E-state index contributed by atoms with van der Waals surface area (Å²) in [6, 6.07) is 1.43. The topological polar surface area (TPSA) is 81.8 Å². The molecule has 0 atom stereocenters. The van der Waals surface area contributed by atoms with Crippen molar-refractivity contribution in [1.82, 2.24) is 9.64 Å². The van der Waals surface area contributed by atoms with Crippen LogP contribution in [0.25, 0.3) is 0 Å². The van der Waals surface area contributed by atoms with Crippen LogP contribution in [0.15, 0.2) is 15.4 Å². The zero-order chi connectivity index (χ0) is 15.4. The first-order valence-electron chi connectivity index (χ1n) is 7.05. The van der Waals surface area contributed by atoms with Crippen molar-refractivity contribution in [3.05, 3.63) is 22.2 Å². The number of hydrogen-bond acceptors (Lipinski definition) is 6. The van der Waals surface area contributed by atoms with E-state index in [9.17, 15) is 14.4 Å². The Morgan fingerprint density at radius 3 is 2.57 bits per heavy atom. The lowest BCUT2D eigenvalue weighted by Gasteiger charge is -2.26. The highest BCUT2D eigenvalue weighted by Crippen LogP contribution is 2.23. The summed E-state index contributed by atoms with van der Waals surface area (Å²) in [5.41, 5.74) is -0.484. The van der Waals surface area contributed by atoms with Gasteiger partial charge in [-0.1, -0.05) is 12.8 Å². The van der Waals surface area contributed by atoms with E-state index in [1.54, 1.807) is 11.8 Å². The summed E-state index contributed by atoms with van der Waals surface area (Å²) >= 11 is 0. The van der Waals surface area contributed by atoms with Crippen molar-refractivity contribution in [2.45, 2.75) is 38.6 Å². The molecule has 1 heterocycles. The third-order valence-corrected chi connectivity index (χ3v) is 3.73. The second-order valence-corrected chi connectivity index (χ2v) is 5.29. The average Bonchev–Trinajstić information content (AvgIpc) is 3.07. The van der Waals surface area contributed by atoms with Gasteiger partial charge in [0.25, 0.3) is 11.5 Å². The van der Waals surface area contributed by atoms with Crippen molar-refractivity contribution in [1.29, 1.82) is 0 Å². The van der Waals surface area contributed by atoms with E-state index in [1.165, 1.54) is 13.2 Å². The summed E-state index contributed by atoms with van der Waals surface area (Å²) in [6.07, 6.45) is 4.04. The predicted molar refractivity (Wildman–Crippen MR) is 74.2 cm³/mol. The molecule has 1 aliphatic carbocycles. The lowest BCUT2D eigenvalue weighted by Crippen LogP contribution is -2.43. The van der Waals surface area contributed by atoms with Gasteiger partial charge in [-0.05, 0) is 19.8 Å². The maximum atomic E-state index is 12.2. The van der Waals surface area contributed by atoms with Gasteiger partial charge in [0.1, 0.15) is 5.76 Å². The average molecular weight is 296 g/mol. The highest BCUT2D eigenvalue weighted by atomic mass is 16.5. The lowest BCUT2D eigenvalue weighted by molar-refractivity contribution is -0.142. The summed E-state index contributed by atoms with van der Waals surface area (Å²) in [5, 5.41) is 0. The number of aryl methyl sites for hydroxylation is 1. The van der Waals surface area contributed by atoms with Gasteiger partial charge in [0.2, 0.25) is 0 Å². The van der Waals surface area contributed by atoms with Crippen LogP contribution >= 0.6 is 0 Å². The molecule has 0 radical (unpaired) electrons. The van der Waals surface area contributed by atoms with Gasteiger partial charge in [0, 0.05) is 12.1 Å². The largest absolute Gasteiger partial charge is 0.468 e. The third-order valence-electron chi connectivity index (χ3n) is 3.73. The fraction of sp³-hybridized carbons (Fsp3) is 0.643. The summed E-state index contributed by atoms with van der Waals surface area (Å²) in [7, 11) is 1.32. The second-order valence-electron chi connectivity index (χ2n) is 5.29. The number of carbonyl (C=O) groups excluding carboxylic acids is 2. The Labute approximate surface area is 122 Å². The quantitative estimate of drug-likeness (QED) is 0.748. The molecule has 7 heteroatoms. The highest BCUT2D eigenvalue weighted by Gasteiger charge is 2.27. The van der Waals surface area contributed by atoms with Crippen molar-refractivity contribution in [2.75, 3.05) is 20.2 Å². The van der Waals surface area contributed by atoms with E-state index >= 15 is 0 Å². The zero-order valence-corrected chi connectivity index (χ0v) is 12.3. The molecule has 1 aromatic heterocycles. The van der Waals surface area contributed by atoms with Crippen molar-refractivity contribution < 1.29 is 18.8 Å². The van der Waals surface area contributed by atoms with Crippen LogP contribution in [0.4, 0.5) is 0 Å². The zero-order valence-electron chi connectivity index (χ0n) is 12.3. The lowest BCUT2D eigenvalue weighted by atomic mass is 10.2. The van der Waals surface area contributed by atoms with Gasteiger partial charge < -0.3 is 9.26 Å². The molecule has 21 heavy (non-hydrogen) atoms. The number of rotatable bonds is 5. The van der Waals surface area contributed by atoms with Gasteiger partial charge >= 0.3 is 5.97 Å². The molecular weight excluding hydrogens is 276 g/mol. The van der Waals surface area contributed by atoms with Gasteiger partial charge in [-0.2, -0.15) is 0 Å². The number of aromatic nitrogens is 1. The molecule has 0 saturated heterocycles. The van der Waals surface area contributed by atoms with Crippen molar-refractivity contribution in [3.63, 3.8) is 0 Å².